The van der Waals surface area contributed by atoms with Crippen molar-refractivity contribution in [1.82, 2.24) is 14.9 Å². The van der Waals surface area contributed by atoms with Gasteiger partial charge in [0.25, 0.3) is 0 Å². The third-order valence-electron chi connectivity index (χ3n) is 3.33. The van der Waals surface area contributed by atoms with Gasteiger partial charge in [-0.15, -0.1) is 0 Å². The Kier molecular flexibility index (Phi) is 4.40. The van der Waals surface area contributed by atoms with Gasteiger partial charge in [0.15, 0.2) is 0 Å². The summed E-state index contributed by atoms with van der Waals surface area (Å²) >= 11 is 0. The predicted octanol–water partition coefficient (Wildman–Crippen LogP) is 2.11. The predicted molar refractivity (Wildman–Crippen MR) is 81.4 cm³/mol. The molecule has 0 atom stereocenters. The van der Waals surface area contributed by atoms with Crippen LogP contribution in [0.2, 0.25) is 0 Å². The monoisotopic (exact) mass is 265 g/mol. The van der Waals surface area contributed by atoms with Crippen molar-refractivity contribution in [3.05, 3.63) is 11.9 Å². The summed E-state index contributed by atoms with van der Waals surface area (Å²) in [5.74, 6) is 2.05. The molecule has 0 aromatic carbocycles. The molecule has 1 rings (SSSR count). The second kappa shape index (κ2) is 5.33. The summed E-state index contributed by atoms with van der Waals surface area (Å²) in [7, 11) is 4.13. The smallest absolute Gasteiger partial charge is 0.138 e. The molecular weight excluding hydrogens is 238 g/mol. The fourth-order valence-corrected chi connectivity index (χ4v) is 1.36. The zero-order valence-corrected chi connectivity index (χ0v) is 13.2. The zero-order chi connectivity index (χ0) is 14.8. The van der Waals surface area contributed by atoms with Gasteiger partial charge in [0, 0.05) is 23.6 Å². The minimum Gasteiger partial charge on any atom is -0.384 e. The molecule has 19 heavy (non-hydrogen) atoms. The molecule has 5 nitrogen and oxygen atoms in total. The number of hydrogen-bond acceptors (Lipinski definition) is 5. The molecule has 0 saturated carbocycles. The Hall–Kier alpha value is -1.36. The minimum absolute atomic E-state index is 0.0433. The molecule has 0 aliphatic heterocycles. The molecule has 108 valence electrons. The van der Waals surface area contributed by atoms with Gasteiger partial charge in [-0.2, -0.15) is 0 Å². The molecule has 0 aliphatic rings. The average molecular weight is 265 g/mol. The molecule has 0 spiro atoms. The number of hydrogen-bond donors (Lipinski definition) is 2. The van der Waals surface area contributed by atoms with Crippen molar-refractivity contribution in [1.29, 1.82) is 0 Å². The normalized spacial score (nSPS) is 12.8. The van der Waals surface area contributed by atoms with E-state index in [1.165, 1.54) is 0 Å². The van der Waals surface area contributed by atoms with Gasteiger partial charge in [-0.05, 0) is 27.9 Å². The van der Waals surface area contributed by atoms with Gasteiger partial charge in [0.2, 0.25) is 0 Å². The second-order valence-corrected chi connectivity index (χ2v) is 6.81. The standard InChI is InChI=1S/C14H27N5/c1-13(2,3)12-17-10(15)8-11(18-12)16-9-14(4,5)19(6)7/h8H,9H2,1-7H3,(H3,15,16,17,18). The summed E-state index contributed by atoms with van der Waals surface area (Å²) in [6.07, 6.45) is 0. The highest BCUT2D eigenvalue weighted by atomic mass is 15.2. The van der Waals surface area contributed by atoms with Crippen LogP contribution in [0.3, 0.4) is 0 Å². The van der Waals surface area contributed by atoms with E-state index in [0.717, 1.165) is 18.2 Å². The molecule has 0 bridgehead atoms. The van der Waals surface area contributed by atoms with Crippen LogP contribution < -0.4 is 11.1 Å². The van der Waals surface area contributed by atoms with Crippen LogP contribution in [0, 0.1) is 0 Å². The fraction of sp³-hybridized carbons (Fsp3) is 0.714. The Balaban J connectivity index is 2.88. The maximum absolute atomic E-state index is 5.85. The second-order valence-electron chi connectivity index (χ2n) is 6.81. The summed E-state index contributed by atoms with van der Waals surface area (Å²) in [6.45, 7) is 11.4. The van der Waals surface area contributed by atoms with Crippen molar-refractivity contribution >= 4 is 11.6 Å². The number of nitrogens with zero attached hydrogens (tertiary/aromatic N) is 3. The van der Waals surface area contributed by atoms with Crippen LogP contribution in [-0.2, 0) is 5.41 Å². The molecule has 0 aliphatic carbocycles. The van der Waals surface area contributed by atoms with Crippen molar-refractivity contribution in [2.45, 2.75) is 45.6 Å². The van der Waals surface area contributed by atoms with Gasteiger partial charge in [-0.3, -0.25) is 0 Å². The molecule has 0 radical (unpaired) electrons. The van der Waals surface area contributed by atoms with E-state index in [9.17, 15) is 0 Å². The van der Waals surface area contributed by atoms with Crippen molar-refractivity contribution in [3.63, 3.8) is 0 Å². The lowest BCUT2D eigenvalue weighted by atomic mass is 9.96. The Labute approximate surface area is 116 Å². The molecule has 3 N–H and O–H groups in total. The lowest BCUT2D eigenvalue weighted by Gasteiger charge is -2.33. The van der Waals surface area contributed by atoms with E-state index in [1.807, 2.05) is 0 Å². The first kappa shape index (κ1) is 15.7. The van der Waals surface area contributed by atoms with Gasteiger partial charge >= 0.3 is 0 Å². The van der Waals surface area contributed by atoms with Crippen LogP contribution in [0.25, 0.3) is 0 Å². The lowest BCUT2D eigenvalue weighted by molar-refractivity contribution is 0.210. The summed E-state index contributed by atoms with van der Waals surface area (Å²) in [6, 6.07) is 1.78. The molecule has 1 aromatic heterocycles. The van der Waals surface area contributed by atoms with Gasteiger partial charge in [0.1, 0.15) is 17.5 Å². The van der Waals surface area contributed by atoms with E-state index in [4.69, 9.17) is 5.73 Å². The Morgan fingerprint density at radius 1 is 1.16 bits per heavy atom. The number of nitrogens with two attached hydrogens (primary N) is 1. The van der Waals surface area contributed by atoms with E-state index in [1.54, 1.807) is 6.07 Å². The minimum atomic E-state index is -0.108. The highest BCUT2D eigenvalue weighted by molar-refractivity contribution is 5.45. The number of aromatic nitrogens is 2. The Bertz CT molecular complexity index is 432. The summed E-state index contributed by atoms with van der Waals surface area (Å²) in [5, 5.41) is 3.35. The SMILES string of the molecule is CN(C)C(C)(C)CNc1cc(N)nc(C(C)(C)C)n1. The summed E-state index contributed by atoms with van der Waals surface area (Å²) < 4.78 is 0. The molecular formula is C14H27N5. The molecule has 0 fully saturated rings. The first-order valence-corrected chi connectivity index (χ1v) is 6.59. The third-order valence-corrected chi connectivity index (χ3v) is 3.33. The van der Waals surface area contributed by atoms with Crippen LogP contribution in [0.4, 0.5) is 11.6 Å². The lowest BCUT2D eigenvalue weighted by Crippen LogP contribution is -2.44. The van der Waals surface area contributed by atoms with Gasteiger partial charge < -0.3 is 16.0 Å². The van der Waals surface area contributed by atoms with Crippen molar-refractivity contribution in [2.75, 3.05) is 31.7 Å². The largest absolute Gasteiger partial charge is 0.384 e. The Morgan fingerprint density at radius 2 is 1.74 bits per heavy atom. The highest BCUT2D eigenvalue weighted by Crippen LogP contribution is 2.21. The van der Waals surface area contributed by atoms with Crippen molar-refractivity contribution in [2.24, 2.45) is 0 Å². The Morgan fingerprint density at radius 3 is 2.21 bits per heavy atom. The number of likely N-dealkylation sites (N-methyl/N-ethyl adjacent to an activating group) is 1. The molecule has 0 unspecified atom stereocenters. The van der Waals surface area contributed by atoms with Crippen LogP contribution in [-0.4, -0.2) is 41.0 Å². The molecule has 0 amide bonds. The quantitative estimate of drug-likeness (QED) is 0.872. The molecule has 0 saturated heterocycles. The van der Waals surface area contributed by atoms with E-state index in [0.29, 0.717) is 5.82 Å². The highest BCUT2D eigenvalue weighted by Gasteiger charge is 2.22. The average Bonchev–Trinajstić information content (AvgIpc) is 2.24. The van der Waals surface area contributed by atoms with Crippen LogP contribution in [0.1, 0.15) is 40.4 Å². The van der Waals surface area contributed by atoms with Crippen LogP contribution in [0.15, 0.2) is 6.07 Å². The van der Waals surface area contributed by atoms with Crippen LogP contribution >= 0.6 is 0 Å². The first-order chi connectivity index (χ1) is 8.52. The van der Waals surface area contributed by atoms with Gasteiger partial charge in [-0.25, -0.2) is 9.97 Å². The molecule has 1 aromatic rings. The topological polar surface area (TPSA) is 67.1 Å². The van der Waals surface area contributed by atoms with Crippen LogP contribution in [0.5, 0.6) is 0 Å². The van der Waals surface area contributed by atoms with E-state index < -0.39 is 0 Å². The van der Waals surface area contributed by atoms with Crippen molar-refractivity contribution < 1.29 is 0 Å². The maximum atomic E-state index is 5.85. The van der Waals surface area contributed by atoms with E-state index >= 15 is 0 Å². The number of nitrogen functional groups attached to an aromatic ring is 1. The van der Waals surface area contributed by atoms with E-state index in [-0.39, 0.29) is 11.0 Å². The van der Waals surface area contributed by atoms with Gasteiger partial charge in [0.05, 0.1) is 0 Å². The summed E-state index contributed by atoms with van der Waals surface area (Å²) in [5.41, 5.74) is 5.79. The number of anilines is 2. The number of nitrogens with one attached hydrogen (secondary N) is 1. The fourth-order valence-electron chi connectivity index (χ4n) is 1.36. The number of rotatable bonds is 4. The molecule has 1 heterocycles. The third kappa shape index (κ3) is 4.35. The first-order valence-electron chi connectivity index (χ1n) is 6.59. The maximum Gasteiger partial charge on any atom is 0.138 e. The van der Waals surface area contributed by atoms with Crippen molar-refractivity contribution in [3.8, 4) is 0 Å². The summed E-state index contributed by atoms with van der Waals surface area (Å²) in [4.78, 5) is 11.0. The zero-order valence-electron chi connectivity index (χ0n) is 13.2. The van der Waals surface area contributed by atoms with E-state index in [2.05, 4.69) is 68.9 Å². The molecule has 5 heteroatoms. The van der Waals surface area contributed by atoms with Gasteiger partial charge in [-0.1, -0.05) is 20.8 Å².